The topological polar surface area (TPSA) is 113 Å². The van der Waals surface area contributed by atoms with E-state index in [1.807, 2.05) is 58.2 Å². The molecule has 0 bridgehead atoms. The Morgan fingerprint density at radius 1 is 1.12 bits per heavy atom. The molecule has 0 aliphatic heterocycles. The second-order valence-electron chi connectivity index (χ2n) is 6.70. The average Bonchev–Trinajstić information content (AvgIpc) is 2.53. The molecular weight excluding hydrogens is 320 g/mol. The minimum atomic E-state index is -0.869. The summed E-state index contributed by atoms with van der Waals surface area (Å²) in [6.45, 7) is 5.95. The smallest absolute Gasteiger partial charge is 0.303 e. The van der Waals surface area contributed by atoms with Crippen LogP contribution < -0.4 is 11.1 Å². The predicted octanol–water partition coefficient (Wildman–Crippen LogP) is 2.33. The van der Waals surface area contributed by atoms with Crippen LogP contribution in [-0.2, 0) is 9.59 Å². The van der Waals surface area contributed by atoms with Gasteiger partial charge in [-0.15, -0.1) is 0 Å². The van der Waals surface area contributed by atoms with Crippen molar-refractivity contribution in [1.82, 2.24) is 5.32 Å². The van der Waals surface area contributed by atoms with Gasteiger partial charge in [-0.25, -0.2) is 0 Å². The second-order valence-corrected chi connectivity index (χ2v) is 6.70. The summed E-state index contributed by atoms with van der Waals surface area (Å²) < 4.78 is 0. The van der Waals surface area contributed by atoms with Gasteiger partial charge >= 0.3 is 5.97 Å². The number of carboxylic acid groups (broad SMARTS) is 1. The third-order valence-electron chi connectivity index (χ3n) is 3.83. The largest absolute Gasteiger partial charge is 0.481 e. The number of rotatable bonds is 9. The number of carbonyl (C=O) groups excluding carboxylic acids is 1. The Hall–Kier alpha value is -1.92. The Morgan fingerprint density at radius 2 is 1.68 bits per heavy atom. The number of primary amides is 1. The summed E-state index contributed by atoms with van der Waals surface area (Å²) in [6.07, 6.45) is 0.511. The molecule has 1 amide bonds. The number of aliphatic hydroxyl groups is 1. The number of hydrogen-bond donors (Lipinski definition) is 4. The molecule has 5 N–H and O–H groups in total. The first-order valence-electron chi connectivity index (χ1n) is 8.57. The highest BCUT2D eigenvalue weighted by Gasteiger charge is 2.17. The monoisotopic (exact) mass is 352 g/mol. The predicted molar refractivity (Wildman–Crippen MR) is 98.9 cm³/mol. The first-order valence-corrected chi connectivity index (χ1v) is 8.57. The van der Waals surface area contributed by atoms with E-state index in [4.69, 9.17) is 10.8 Å². The Bertz CT molecular complexity index is 489. The van der Waals surface area contributed by atoms with Crippen LogP contribution in [0.1, 0.15) is 51.7 Å². The Kier molecular flexibility index (Phi) is 11.5. The van der Waals surface area contributed by atoms with Gasteiger partial charge in [-0.05, 0) is 37.8 Å². The van der Waals surface area contributed by atoms with E-state index < -0.39 is 18.0 Å². The first-order chi connectivity index (χ1) is 11.7. The Morgan fingerprint density at radius 3 is 2.08 bits per heavy atom. The number of benzene rings is 1. The van der Waals surface area contributed by atoms with Crippen molar-refractivity contribution in [2.24, 2.45) is 17.6 Å². The lowest BCUT2D eigenvalue weighted by molar-refractivity contribution is -0.138. The lowest BCUT2D eigenvalue weighted by Crippen LogP contribution is -2.28. The molecule has 0 aromatic heterocycles. The molecule has 6 heteroatoms. The molecule has 3 atom stereocenters. The molecule has 0 heterocycles. The van der Waals surface area contributed by atoms with Gasteiger partial charge in [0.2, 0.25) is 5.91 Å². The SMILES string of the molecule is CC(C)C[C@@H](CC(N)=O)CC(=O)O.CN[C@H](C)[C@@H](O)c1ccccc1. The van der Waals surface area contributed by atoms with Crippen LogP contribution in [0.2, 0.25) is 0 Å². The van der Waals surface area contributed by atoms with Crippen molar-refractivity contribution in [1.29, 1.82) is 0 Å². The van der Waals surface area contributed by atoms with Gasteiger partial charge < -0.3 is 21.3 Å². The van der Waals surface area contributed by atoms with Crippen molar-refractivity contribution in [2.45, 2.75) is 52.2 Å². The fraction of sp³-hybridized carbons (Fsp3) is 0.579. The zero-order chi connectivity index (χ0) is 19.4. The average molecular weight is 352 g/mol. The molecule has 0 fully saturated rings. The molecule has 1 aromatic carbocycles. The van der Waals surface area contributed by atoms with Gasteiger partial charge in [0.15, 0.2) is 0 Å². The van der Waals surface area contributed by atoms with Crippen LogP contribution in [0.4, 0.5) is 0 Å². The third kappa shape index (κ3) is 11.3. The number of hydrogen-bond acceptors (Lipinski definition) is 4. The van der Waals surface area contributed by atoms with Crippen molar-refractivity contribution in [3.05, 3.63) is 35.9 Å². The minimum Gasteiger partial charge on any atom is -0.481 e. The summed E-state index contributed by atoms with van der Waals surface area (Å²) in [4.78, 5) is 21.0. The van der Waals surface area contributed by atoms with Crippen molar-refractivity contribution in [2.75, 3.05) is 7.05 Å². The molecule has 0 aliphatic carbocycles. The molecule has 1 rings (SSSR count). The van der Waals surface area contributed by atoms with Crippen molar-refractivity contribution in [3.63, 3.8) is 0 Å². The molecule has 142 valence electrons. The summed E-state index contributed by atoms with van der Waals surface area (Å²) in [5, 5.41) is 21.3. The summed E-state index contributed by atoms with van der Waals surface area (Å²) in [5.74, 6) is -1.02. The van der Waals surface area contributed by atoms with Crippen molar-refractivity contribution >= 4 is 11.9 Å². The standard InChI is InChI=1S/C10H15NO.C9H17NO3/c1-8(11-2)10(12)9-6-4-3-5-7-9;1-6(2)3-7(4-8(10)11)5-9(12)13/h3-8,10-12H,1-2H3;6-7H,3-5H2,1-2H3,(H2,10,11)(H,12,13)/t8-,10-;7-/m10/s1. The minimum absolute atomic E-state index is 0.0289. The van der Waals surface area contributed by atoms with Crippen LogP contribution in [0.3, 0.4) is 0 Å². The number of amides is 1. The van der Waals surface area contributed by atoms with Gasteiger partial charge in [-0.1, -0.05) is 44.2 Å². The molecule has 25 heavy (non-hydrogen) atoms. The van der Waals surface area contributed by atoms with Gasteiger partial charge in [0.05, 0.1) is 6.10 Å². The maximum absolute atomic E-state index is 10.6. The molecule has 0 spiro atoms. The lowest BCUT2D eigenvalue weighted by Gasteiger charge is -2.17. The number of carbonyl (C=O) groups is 2. The molecule has 0 aliphatic rings. The molecule has 0 radical (unpaired) electrons. The number of nitrogens with one attached hydrogen (secondary N) is 1. The zero-order valence-corrected chi connectivity index (χ0v) is 15.6. The summed E-state index contributed by atoms with van der Waals surface area (Å²) >= 11 is 0. The fourth-order valence-electron chi connectivity index (χ4n) is 2.53. The Balaban J connectivity index is 0.000000462. The maximum Gasteiger partial charge on any atom is 0.303 e. The van der Waals surface area contributed by atoms with E-state index in [-0.39, 0.29) is 24.8 Å². The molecule has 0 saturated carbocycles. The summed E-state index contributed by atoms with van der Waals surface area (Å²) in [5.41, 5.74) is 5.97. The van der Waals surface area contributed by atoms with Crippen LogP contribution >= 0.6 is 0 Å². The molecule has 1 aromatic rings. The van der Waals surface area contributed by atoms with Gasteiger partial charge in [0.1, 0.15) is 0 Å². The van der Waals surface area contributed by atoms with E-state index in [9.17, 15) is 14.7 Å². The van der Waals surface area contributed by atoms with Crippen molar-refractivity contribution < 1.29 is 19.8 Å². The van der Waals surface area contributed by atoms with E-state index in [1.54, 1.807) is 0 Å². The van der Waals surface area contributed by atoms with E-state index >= 15 is 0 Å². The van der Waals surface area contributed by atoms with Gasteiger partial charge in [0.25, 0.3) is 0 Å². The van der Waals surface area contributed by atoms with Crippen LogP contribution in [0.25, 0.3) is 0 Å². The van der Waals surface area contributed by atoms with E-state index in [0.717, 1.165) is 12.0 Å². The lowest BCUT2D eigenvalue weighted by atomic mass is 9.91. The quantitative estimate of drug-likeness (QED) is 0.545. The highest BCUT2D eigenvalue weighted by molar-refractivity contribution is 5.75. The van der Waals surface area contributed by atoms with Crippen LogP contribution in [0, 0.1) is 11.8 Å². The van der Waals surface area contributed by atoms with E-state index in [2.05, 4.69) is 5.32 Å². The van der Waals surface area contributed by atoms with Gasteiger partial charge in [-0.3, -0.25) is 9.59 Å². The second kappa shape index (κ2) is 12.4. The Labute approximate surface area is 150 Å². The highest BCUT2D eigenvalue weighted by Crippen LogP contribution is 2.18. The normalized spacial score (nSPS) is 14.2. The first kappa shape index (κ1) is 23.1. The number of aliphatic hydroxyl groups excluding tert-OH is 1. The maximum atomic E-state index is 10.6. The van der Waals surface area contributed by atoms with E-state index in [1.165, 1.54) is 0 Å². The number of carboxylic acids is 1. The van der Waals surface area contributed by atoms with Crippen LogP contribution in [0.15, 0.2) is 30.3 Å². The van der Waals surface area contributed by atoms with Crippen molar-refractivity contribution in [3.8, 4) is 0 Å². The van der Waals surface area contributed by atoms with Gasteiger partial charge in [0, 0.05) is 18.9 Å². The van der Waals surface area contributed by atoms with Crippen LogP contribution in [0.5, 0.6) is 0 Å². The number of nitrogens with two attached hydrogens (primary N) is 1. The summed E-state index contributed by atoms with van der Waals surface area (Å²) in [7, 11) is 1.84. The highest BCUT2D eigenvalue weighted by atomic mass is 16.4. The fourth-order valence-corrected chi connectivity index (χ4v) is 2.53. The molecule has 6 nitrogen and oxygen atoms in total. The van der Waals surface area contributed by atoms with Crippen LogP contribution in [-0.4, -0.2) is 35.2 Å². The third-order valence-corrected chi connectivity index (χ3v) is 3.83. The summed E-state index contributed by atoms with van der Waals surface area (Å²) in [6, 6.07) is 9.76. The van der Waals surface area contributed by atoms with E-state index in [0.29, 0.717) is 5.92 Å². The number of aliphatic carboxylic acids is 1. The zero-order valence-electron chi connectivity index (χ0n) is 15.6. The van der Waals surface area contributed by atoms with Gasteiger partial charge in [-0.2, -0.15) is 0 Å². The number of likely N-dealkylation sites (N-methyl/N-ethyl adjacent to an activating group) is 1. The molecular formula is C19H32N2O4. The molecule has 0 unspecified atom stereocenters. The molecule has 0 saturated heterocycles.